The van der Waals surface area contributed by atoms with Crippen molar-refractivity contribution < 1.29 is 19.1 Å². The number of esters is 1. The van der Waals surface area contributed by atoms with Crippen LogP contribution in [0.15, 0.2) is 29.3 Å². The van der Waals surface area contributed by atoms with Gasteiger partial charge in [0.1, 0.15) is 9.87 Å². The number of aromatic nitrogens is 1. The number of ether oxygens (including phenoxy) is 1. The minimum Gasteiger partial charge on any atom is -0.469 e. The van der Waals surface area contributed by atoms with Gasteiger partial charge in [0.05, 0.1) is 13.5 Å². The monoisotopic (exact) mass is 420 g/mol. The lowest BCUT2D eigenvalue weighted by Crippen LogP contribution is -2.26. The predicted molar refractivity (Wildman–Crippen MR) is 109 cm³/mol. The van der Waals surface area contributed by atoms with E-state index in [1.54, 1.807) is 42.8 Å². The molecule has 0 spiro atoms. The molecule has 10 heteroatoms. The van der Waals surface area contributed by atoms with E-state index in [4.69, 9.17) is 18.0 Å². The van der Waals surface area contributed by atoms with Crippen LogP contribution in [-0.4, -0.2) is 41.0 Å². The van der Waals surface area contributed by atoms with Crippen molar-refractivity contribution in [1.82, 2.24) is 9.88 Å². The molecule has 1 aromatic heterocycles. The van der Waals surface area contributed by atoms with Crippen LogP contribution < -0.4 is 15.9 Å². The second-order valence-electron chi connectivity index (χ2n) is 5.80. The topological polar surface area (TPSA) is 116 Å². The number of benzene rings is 1. The van der Waals surface area contributed by atoms with Gasteiger partial charge in [-0.1, -0.05) is 35.7 Å². The molecular weight excluding hydrogens is 400 g/mol. The van der Waals surface area contributed by atoms with Crippen molar-refractivity contribution in [2.45, 2.75) is 13.3 Å². The number of hydrogen-bond donors (Lipinski definition) is 2. The van der Waals surface area contributed by atoms with Gasteiger partial charge in [-0.15, -0.1) is 0 Å². The molecule has 0 radical (unpaired) electrons. The van der Waals surface area contributed by atoms with Gasteiger partial charge in [0.25, 0.3) is 11.8 Å². The first-order valence-corrected chi connectivity index (χ1v) is 9.47. The number of hydrogen-bond acceptors (Lipinski definition) is 6. The van der Waals surface area contributed by atoms with Gasteiger partial charge in [-0.2, -0.15) is 4.99 Å². The number of carbonyl (C=O) groups excluding carboxylic acids is 3. The molecule has 148 valence electrons. The molecule has 28 heavy (non-hydrogen) atoms. The highest BCUT2D eigenvalue weighted by Gasteiger charge is 2.16. The summed E-state index contributed by atoms with van der Waals surface area (Å²) in [7, 11) is 3.01. The van der Waals surface area contributed by atoms with Gasteiger partial charge < -0.3 is 20.4 Å². The van der Waals surface area contributed by atoms with Crippen LogP contribution in [0.2, 0.25) is 0 Å². The predicted octanol–water partition coefficient (Wildman–Crippen LogP) is 1.06. The maximum absolute atomic E-state index is 12.4. The molecule has 0 aliphatic heterocycles. The molecule has 0 saturated heterocycles. The minimum atomic E-state index is -0.441. The smallest absolute Gasteiger partial charge is 0.307 e. The van der Waals surface area contributed by atoms with Crippen molar-refractivity contribution in [3.05, 3.63) is 50.8 Å². The Morgan fingerprint density at radius 2 is 1.86 bits per heavy atom. The van der Waals surface area contributed by atoms with E-state index in [1.165, 1.54) is 7.11 Å². The van der Waals surface area contributed by atoms with E-state index >= 15 is 0 Å². The van der Waals surface area contributed by atoms with Crippen LogP contribution in [0.3, 0.4) is 0 Å². The van der Waals surface area contributed by atoms with E-state index in [1.807, 2.05) is 0 Å². The van der Waals surface area contributed by atoms with Crippen LogP contribution in [-0.2, 0) is 16.6 Å². The molecule has 2 rings (SSSR count). The molecule has 0 fully saturated rings. The van der Waals surface area contributed by atoms with Crippen molar-refractivity contribution >= 4 is 46.3 Å². The fourth-order valence-corrected chi connectivity index (χ4v) is 3.40. The summed E-state index contributed by atoms with van der Waals surface area (Å²) >= 11 is 5.99. The Balaban J connectivity index is 2.21. The molecule has 2 amide bonds. The number of nitrogens with two attached hydrogens (primary N) is 1. The Morgan fingerprint density at radius 1 is 1.25 bits per heavy atom. The van der Waals surface area contributed by atoms with Crippen LogP contribution >= 0.6 is 23.6 Å². The Kier molecular flexibility index (Phi) is 7.18. The molecule has 0 aliphatic carbocycles. The standard InChI is InChI=1S/C18H20N4O4S2/c1-10-14(17(25)20-9-8-13(23)26-3)28-18(22(10)2)21-16(24)12-6-4-11(5-7-12)15(19)27/h4-7H,8-9H2,1-3H3,(H2,19,27)(H,20,25). The summed E-state index contributed by atoms with van der Waals surface area (Å²) in [5, 5.41) is 2.65. The molecule has 2 aromatic rings. The highest BCUT2D eigenvalue weighted by Crippen LogP contribution is 2.11. The molecule has 3 N–H and O–H groups in total. The summed E-state index contributed by atoms with van der Waals surface area (Å²) in [5.41, 5.74) is 7.26. The quantitative estimate of drug-likeness (QED) is 0.533. The molecule has 0 aliphatic rings. The maximum Gasteiger partial charge on any atom is 0.307 e. The summed E-state index contributed by atoms with van der Waals surface area (Å²) in [5.74, 6) is -1.18. The zero-order valence-corrected chi connectivity index (χ0v) is 17.3. The van der Waals surface area contributed by atoms with Gasteiger partial charge in [-0.05, 0) is 19.1 Å². The van der Waals surface area contributed by atoms with Crippen molar-refractivity contribution in [2.75, 3.05) is 13.7 Å². The van der Waals surface area contributed by atoms with E-state index in [2.05, 4.69) is 15.0 Å². The normalized spacial score (nSPS) is 11.2. The zero-order chi connectivity index (χ0) is 20.8. The van der Waals surface area contributed by atoms with Crippen LogP contribution in [0.5, 0.6) is 0 Å². The number of thiocarbonyl (C=S) groups is 1. The first-order valence-electron chi connectivity index (χ1n) is 8.25. The largest absolute Gasteiger partial charge is 0.469 e. The van der Waals surface area contributed by atoms with Gasteiger partial charge in [-0.25, -0.2) is 0 Å². The van der Waals surface area contributed by atoms with E-state index in [-0.39, 0.29) is 23.9 Å². The van der Waals surface area contributed by atoms with Crippen LogP contribution in [0.1, 0.15) is 37.7 Å². The Labute approximate surface area is 171 Å². The lowest BCUT2D eigenvalue weighted by molar-refractivity contribution is -0.140. The molecule has 0 bridgehead atoms. The van der Waals surface area contributed by atoms with Gasteiger partial charge >= 0.3 is 5.97 Å². The third-order valence-electron chi connectivity index (χ3n) is 3.97. The van der Waals surface area contributed by atoms with Gasteiger partial charge in [0.15, 0.2) is 4.80 Å². The number of methoxy groups -OCH3 is 1. The summed E-state index contributed by atoms with van der Waals surface area (Å²) < 4.78 is 6.20. The SMILES string of the molecule is COC(=O)CCNC(=O)c1sc(=NC(=O)c2ccc(C(N)=S)cc2)n(C)c1C. The first-order chi connectivity index (χ1) is 13.2. The Morgan fingerprint density at radius 3 is 2.43 bits per heavy atom. The molecule has 0 atom stereocenters. The second kappa shape index (κ2) is 9.38. The fraction of sp³-hybridized carbons (Fsp3) is 0.278. The van der Waals surface area contributed by atoms with Gasteiger partial charge in [-0.3, -0.25) is 14.4 Å². The lowest BCUT2D eigenvalue weighted by Gasteiger charge is -2.03. The number of amides is 2. The van der Waals surface area contributed by atoms with Crippen molar-refractivity contribution in [1.29, 1.82) is 0 Å². The molecular formula is C18H20N4O4S2. The van der Waals surface area contributed by atoms with E-state index in [0.29, 0.717) is 26.5 Å². The molecule has 8 nitrogen and oxygen atoms in total. The third kappa shape index (κ3) is 5.11. The van der Waals surface area contributed by atoms with E-state index in [9.17, 15) is 14.4 Å². The van der Waals surface area contributed by atoms with Gasteiger partial charge in [0, 0.05) is 30.4 Å². The summed E-state index contributed by atoms with van der Waals surface area (Å²) in [6, 6.07) is 6.51. The number of thiazole rings is 1. The molecule has 1 heterocycles. The number of carbonyl (C=O) groups is 3. The van der Waals surface area contributed by atoms with Crippen LogP contribution in [0, 0.1) is 6.92 Å². The Bertz CT molecular complexity index is 990. The average molecular weight is 421 g/mol. The van der Waals surface area contributed by atoms with E-state index < -0.39 is 11.9 Å². The Hall–Kier alpha value is -2.85. The number of nitrogens with one attached hydrogen (secondary N) is 1. The van der Waals surface area contributed by atoms with Crippen molar-refractivity contribution in [2.24, 2.45) is 17.8 Å². The van der Waals surface area contributed by atoms with E-state index in [0.717, 1.165) is 11.3 Å². The average Bonchev–Trinajstić information content (AvgIpc) is 2.96. The summed E-state index contributed by atoms with van der Waals surface area (Å²) in [6.07, 6.45) is 0.0801. The zero-order valence-electron chi connectivity index (χ0n) is 15.6. The summed E-state index contributed by atoms with van der Waals surface area (Å²) in [6.45, 7) is 1.92. The highest BCUT2D eigenvalue weighted by atomic mass is 32.1. The van der Waals surface area contributed by atoms with Crippen molar-refractivity contribution in [3.8, 4) is 0 Å². The van der Waals surface area contributed by atoms with Gasteiger partial charge in [0.2, 0.25) is 0 Å². The fourth-order valence-electron chi connectivity index (χ4n) is 2.23. The third-order valence-corrected chi connectivity index (χ3v) is 5.44. The first kappa shape index (κ1) is 21.5. The second-order valence-corrected chi connectivity index (χ2v) is 7.22. The number of rotatable bonds is 6. The molecule has 1 aromatic carbocycles. The van der Waals surface area contributed by atoms with Crippen LogP contribution in [0.25, 0.3) is 0 Å². The lowest BCUT2D eigenvalue weighted by atomic mass is 10.1. The minimum absolute atomic E-state index is 0.0801. The highest BCUT2D eigenvalue weighted by molar-refractivity contribution is 7.80. The maximum atomic E-state index is 12.4. The molecule has 0 saturated carbocycles. The van der Waals surface area contributed by atoms with Crippen LogP contribution in [0.4, 0.5) is 0 Å². The summed E-state index contributed by atoms with van der Waals surface area (Å²) in [4.78, 5) is 41.1. The molecule has 0 unspecified atom stereocenters. The van der Waals surface area contributed by atoms with Crippen molar-refractivity contribution in [3.63, 3.8) is 0 Å². The number of nitrogens with zero attached hydrogens (tertiary/aromatic N) is 2.